The third-order valence-electron chi connectivity index (χ3n) is 5.47. The number of ether oxygens (including phenoxy) is 1. The quantitative estimate of drug-likeness (QED) is 0.612. The number of nitrogens with zero attached hydrogens (tertiary/aromatic N) is 2. The van der Waals surface area contributed by atoms with Crippen molar-refractivity contribution < 1.29 is 13.9 Å². The lowest BCUT2D eigenvalue weighted by atomic mass is 9.96. The van der Waals surface area contributed by atoms with Gasteiger partial charge in [-0.3, -0.25) is 4.99 Å². The topological polar surface area (TPSA) is 66.0 Å². The SMILES string of the molecule is CCOC(=O)N1CCC(NC(=NC)NCC2(c3cccc(F)c3)CC2)CC1. The maximum absolute atomic E-state index is 13.5. The Balaban J connectivity index is 1.47. The van der Waals surface area contributed by atoms with Crippen molar-refractivity contribution in [2.45, 2.75) is 44.1 Å². The first-order chi connectivity index (χ1) is 13.1. The molecule has 1 aromatic carbocycles. The summed E-state index contributed by atoms with van der Waals surface area (Å²) in [5, 5.41) is 6.85. The Kier molecular flexibility index (Phi) is 6.19. The molecule has 0 atom stereocenters. The molecule has 6 nitrogen and oxygen atoms in total. The highest BCUT2D eigenvalue weighted by atomic mass is 19.1. The van der Waals surface area contributed by atoms with E-state index in [1.807, 2.05) is 13.0 Å². The number of amides is 1. The highest BCUT2D eigenvalue weighted by molar-refractivity contribution is 5.80. The van der Waals surface area contributed by atoms with Crippen molar-refractivity contribution >= 4 is 12.1 Å². The molecule has 0 spiro atoms. The van der Waals surface area contributed by atoms with Crippen LogP contribution in [0, 0.1) is 5.82 Å². The molecule has 1 aliphatic carbocycles. The van der Waals surface area contributed by atoms with E-state index in [1.54, 1.807) is 24.1 Å². The highest BCUT2D eigenvalue weighted by Crippen LogP contribution is 2.47. The van der Waals surface area contributed by atoms with Gasteiger partial charge < -0.3 is 20.3 Å². The fraction of sp³-hybridized carbons (Fsp3) is 0.600. The molecule has 1 aliphatic heterocycles. The standard InChI is InChI=1S/C20H29FN4O2/c1-3-27-19(26)25-11-7-17(8-12-25)24-18(22-2)23-14-20(9-10-20)15-5-4-6-16(21)13-15/h4-6,13,17H,3,7-12,14H2,1-2H3,(H2,22,23,24). The number of carbonyl (C=O) groups is 1. The minimum Gasteiger partial charge on any atom is -0.450 e. The molecule has 1 saturated carbocycles. The second-order valence-electron chi connectivity index (χ2n) is 7.32. The second kappa shape index (κ2) is 8.59. The summed E-state index contributed by atoms with van der Waals surface area (Å²) in [5.74, 6) is 0.571. The van der Waals surface area contributed by atoms with Crippen LogP contribution in [-0.2, 0) is 10.2 Å². The largest absolute Gasteiger partial charge is 0.450 e. The number of piperidine rings is 1. The number of hydrogen-bond acceptors (Lipinski definition) is 3. The molecule has 148 valence electrons. The predicted octanol–water partition coefficient (Wildman–Crippen LogP) is 2.64. The molecule has 1 aromatic rings. The van der Waals surface area contributed by atoms with Crippen LogP contribution in [0.1, 0.15) is 38.2 Å². The van der Waals surface area contributed by atoms with Gasteiger partial charge in [0.25, 0.3) is 0 Å². The number of rotatable bonds is 5. The molecule has 7 heteroatoms. The summed E-state index contributed by atoms with van der Waals surface area (Å²) in [4.78, 5) is 17.9. The Morgan fingerprint density at radius 3 is 2.70 bits per heavy atom. The van der Waals surface area contributed by atoms with Gasteiger partial charge >= 0.3 is 6.09 Å². The number of aliphatic imine (C=N–C) groups is 1. The van der Waals surface area contributed by atoms with Gasteiger partial charge in [-0.25, -0.2) is 9.18 Å². The smallest absolute Gasteiger partial charge is 0.409 e. The van der Waals surface area contributed by atoms with Crippen LogP contribution in [0.15, 0.2) is 29.3 Å². The lowest BCUT2D eigenvalue weighted by Crippen LogP contribution is -2.50. The van der Waals surface area contributed by atoms with E-state index in [9.17, 15) is 9.18 Å². The lowest BCUT2D eigenvalue weighted by molar-refractivity contribution is 0.0963. The molecule has 0 aromatic heterocycles. The minimum atomic E-state index is -0.232. The van der Waals surface area contributed by atoms with Gasteiger partial charge in [0, 0.05) is 38.1 Å². The van der Waals surface area contributed by atoms with Crippen LogP contribution in [0.2, 0.25) is 0 Å². The molecule has 0 bridgehead atoms. The van der Waals surface area contributed by atoms with E-state index in [4.69, 9.17) is 4.74 Å². The molecule has 1 heterocycles. The number of halogens is 1. The number of guanidine groups is 1. The number of likely N-dealkylation sites (tertiary alicyclic amines) is 1. The summed E-state index contributed by atoms with van der Waals surface area (Å²) in [5.41, 5.74) is 1.06. The summed E-state index contributed by atoms with van der Waals surface area (Å²) in [6.45, 7) is 4.32. The summed E-state index contributed by atoms with van der Waals surface area (Å²) in [6, 6.07) is 7.16. The van der Waals surface area contributed by atoms with Gasteiger partial charge in [0.2, 0.25) is 0 Å². The van der Waals surface area contributed by atoms with Gasteiger partial charge in [-0.05, 0) is 50.3 Å². The van der Waals surface area contributed by atoms with E-state index in [0.717, 1.165) is 43.8 Å². The van der Waals surface area contributed by atoms with Gasteiger partial charge in [0.1, 0.15) is 5.82 Å². The van der Waals surface area contributed by atoms with Crippen molar-refractivity contribution in [3.8, 4) is 0 Å². The van der Waals surface area contributed by atoms with Crippen LogP contribution in [0.5, 0.6) is 0 Å². The zero-order valence-electron chi connectivity index (χ0n) is 16.1. The van der Waals surface area contributed by atoms with Gasteiger partial charge in [0.15, 0.2) is 5.96 Å². The normalized spacial score (nSPS) is 19.5. The molecular formula is C20H29FN4O2. The average Bonchev–Trinajstić information content (AvgIpc) is 3.47. The first kappa shape index (κ1) is 19.5. The molecule has 2 aliphatic rings. The second-order valence-corrected chi connectivity index (χ2v) is 7.32. The van der Waals surface area contributed by atoms with E-state index in [1.165, 1.54) is 6.07 Å². The third kappa shape index (κ3) is 4.90. The Labute approximate surface area is 160 Å². The first-order valence-electron chi connectivity index (χ1n) is 9.71. The van der Waals surface area contributed by atoms with Crippen molar-refractivity contribution in [1.29, 1.82) is 0 Å². The molecule has 1 amide bonds. The van der Waals surface area contributed by atoms with E-state index in [0.29, 0.717) is 19.7 Å². The molecule has 27 heavy (non-hydrogen) atoms. The van der Waals surface area contributed by atoms with Crippen LogP contribution in [0.25, 0.3) is 0 Å². The molecule has 2 N–H and O–H groups in total. The molecule has 0 unspecified atom stereocenters. The highest BCUT2D eigenvalue weighted by Gasteiger charge is 2.44. The molecule has 3 rings (SSSR count). The van der Waals surface area contributed by atoms with E-state index < -0.39 is 0 Å². The summed E-state index contributed by atoms with van der Waals surface area (Å²) >= 11 is 0. The van der Waals surface area contributed by atoms with E-state index in [-0.39, 0.29) is 23.4 Å². The van der Waals surface area contributed by atoms with Crippen molar-refractivity contribution in [2.24, 2.45) is 4.99 Å². The van der Waals surface area contributed by atoms with E-state index >= 15 is 0 Å². The van der Waals surface area contributed by atoms with E-state index in [2.05, 4.69) is 15.6 Å². The van der Waals surface area contributed by atoms with Crippen LogP contribution < -0.4 is 10.6 Å². The number of nitrogens with one attached hydrogen (secondary N) is 2. The molecular weight excluding hydrogens is 347 g/mol. The summed E-state index contributed by atoms with van der Waals surface area (Å²) < 4.78 is 18.6. The predicted molar refractivity (Wildman–Crippen MR) is 103 cm³/mol. The van der Waals surface area contributed by atoms with Gasteiger partial charge in [-0.2, -0.15) is 0 Å². The monoisotopic (exact) mass is 376 g/mol. The van der Waals surface area contributed by atoms with Gasteiger partial charge in [-0.15, -0.1) is 0 Å². The average molecular weight is 376 g/mol. The third-order valence-corrected chi connectivity index (χ3v) is 5.47. The van der Waals surface area contributed by atoms with Gasteiger partial charge in [-0.1, -0.05) is 12.1 Å². The molecule has 2 fully saturated rings. The van der Waals surface area contributed by atoms with Crippen LogP contribution >= 0.6 is 0 Å². The fourth-order valence-corrected chi connectivity index (χ4v) is 3.60. The van der Waals surface area contributed by atoms with Gasteiger partial charge in [0.05, 0.1) is 6.61 Å². The summed E-state index contributed by atoms with van der Waals surface area (Å²) in [7, 11) is 1.75. The van der Waals surface area contributed by atoms with Crippen LogP contribution in [0.4, 0.5) is 9.18 Å². The number of carbonyl (C=O) groups excluding carboxylic acids is 1. The molecule has 0 radical (unpaired) electrons. The Hall–Kier alpha value is -2.31. The van der Waals surface area contributed by atoms with Crippen molar-refractivity contribution in [3.63, 3.8) is 0 Å². The molecule has 1 saturated heterocycles. The maximum atomic E-state index is 13.5. The summed E-state index contributed by atoms with van der Waals surface area (Å²) in [6.07, 6.45) is 3.59. The zero-order chi connectivity index (χ0) is 19.3. The zero-order valence-corrected chi connectivity index (χ0v) is 16.1. The maximum Gasteiger partial charge on any atom is 0.409 e. The fourth-order valence-electron chi connectivity index (χ4n) is 3.60. The van der Waals surface area contributed by atoms with Crippen molar-refractivity contribution in [3.05, 3.63) is 35.6 Å². The number of hydrogen-bond donors (Lipinski definition) is 2. The minimum absolute atomic E-state index is 0.00694. The van der Waals surface area contributed by atoms with Crippen molar-refractivity contribution in [1.82, 2.24) is 15.5 Å². The van der Waals surface area contributed by atoms with Crippen molar-refractivity contribution in [2.75, 3.05) is 33.3 Å². The van der Waals surface area contributed by atoms with Crippen LogP contribution in [0.3, 0.4) is 0 Å². The Morgan fingerprint density at radius 2 is 2.11 bits per heavy atom. The first-order valence-corrected chi connectivity index (χ1v) is 9.71. The Morgan fingerprint density at radius 1 is 1.37 bits per heavy atom. The lowest BCUT2D eigenvalue weighted by Gasteiger charge is -2.32. The van der Waals surface area contributed by atoms with Crippen LogP contribution in [-0.4, -0.2) is 56.3 Å². The number of benzene rings is 1. The Bertz CT molecular complexity index is 682.